The number of nitrogens with zero attached hydrogens (tertiary/aromatic N) is 4. The van der Waals surface area contributed by atoms with Gasteiger partial charge in [-0.3, -0.25) is 13.9 Å². The van der Waals surface area contributed by atoms with Gasteiger partial charge in [-0.15, -0.1) is 0 Å². The van der Waals surface area contributed by atoms with E-state index in [0.29, 0.717) is 37.4 Å². The van der Waals surface area contributed by atoms with E-state index in [1.165, 1.54) is 4.57 Å². The number of aromatic nitrogens is 4. The van der Waals surface area contributed by atoms with Gasteiger partial charge in [-0.2, -0.15) is 0 Å². The quantitative estimate of drug-likeness (QED) is 0.699. The van der Waals surface area contributed by atoms with Crippen LogP contribution in [0.4, 0.5) is 0 Å². The highest BCUT2D eigenvalue weighted by Crippen LogP contribution is 2.25. The zero-order valence-corrected chi connectivity index (χ0v) is 16.0. The molecule has 0 N–H and O–H groups in total. The summed E-state index contributed by atoms with van der Waals surface area (Å²) in [6, 6.07) is 0. The van der Waals surface area contributed by atoms with E-state index in [-0.39, 0.29) is 17.4 Å². The molecule has 0 saturated carbocycles. The molecule has 1 aliphatic rings. The molecule has 0 aromatic carbocycles. The van der Waals surface area contributed by atoms with Gasteiger partial charge in [0.25, 0.3) is 5.56 Å². The summed E-state index contributed by atoms with van der Waals surface area (Å²) in [5.41, 5.74) is 0.430. The summed E-state index contributed by atoms with van der Waals surface area (Å²) in [5.74, 6) is -0.486. The standard InChI is InChI=1S/C18H28N4O4/c1-5-21-15-14(16(23)22(6-2)17(21)24)20(12-19-15)10-8-7-9-13-11-25-18(3,4)26-13/h12-13H,5-11H2,1-4H3. The molecule has 1 atom stereocenters. The summed E-state index contributed by atoms with van der Waals surface area (Å²) >= 11 is 0. The van der Waals surface area contributed by atoms with Gasteiger partial charge in [0, 0.05) is 19.6 Å². The van der Waals surface area contributed by atoms with Crippen molar-refractivity contribution in [2.24, 2.45) is 0 Å². The third-order valence-electron chi connectivity index (χ3n) is 4.86. The Kier molecular flexibility index (Phi) is 5.34. The molecule has 0 radical (unpaired) electrons. The van der Waals surface area contributed by atoms with Gasteiger partial charge in [0.15, 0.2) is 17.0 Å². The monoisotopic (exact) mass is 364 g/mol. The van der Waals surface area contributed by atoms with Crippen LogP contribution < -0.4 is 11.2 Å². The van der Waals surface area contributed by atoms with Crippen LogP contribution in [0.3, 0.4) is 0 Å². The van der Waals surface area contributed by atoms with Gasteiger partial charge in [-0.1, -0.05) is 0 Å². The van der Waals surface area contributed by atoms with E-state index in [2.05, 4.69) is 4.98 Å². The maximum atomic E-state index is 12.7. The number of hydrogen-bond acceptors (Lipinski definition) is 5. The van der Waals surface area contributed by atoms with Crippen LogP contribution in [-0.4, -0.2) is 37.2 Å². The normalized spacial score (nSPS) is 19.5. The van der Waals surface area contributed by atoms with Crippen LogP contribution >= 0.6 is 0 Å². The van der Waals surface area contributed by atoms with Crippen LogP contribution in [0, 0.1) is 0 Å². The fourth-order valence-electron chi connectivity index (χ4n) is 3.53. The predicted molar refractivity (Wildman–Crippen MR) is 98.4 cm³/mol. The number of rotatable bonds is 7. The lowest BCUT2D eigenvalue weighted by atomic mass is 10.1. The number of unbranched alkanes of at least 4 members (excludes halogenated alkanes) is 1. The molecule has 1 unspecified atom stereocenters. The predicted octanol–water partition coefficient (Wildman–Crippen LogP) is 1.72. The highest BCUT2D eigenvalue weighted by Gasteiger charge is 2.31. The van der Waals surface area contributed by atoms with Crippen molar-refractivity contribution in [2.45, 2.75) is 78.5 Å². The van der Waals surface area contributed by atoms with Gasteiger partial charge in [0.05, 0.1) is 19.0 Å². The summed E-state index contributed by atoms with van der Waals surface area (Å²) < 4.78 is 16.1. The summed E-state index contributed by atoms with van der Waals surface area (Å²) in [7, 11) is 0. The van der Waals surface area contributed by atoms with E-state index >= 15 is 0 Å². The zero-order chi connectivity index (χ0) is 18.9. The summed E-state index contributed by atoms with van der Waals surface area (Å²) in [6.45, 7) is 9.71. The molecule has 0 aliphatic carbocycles. The molecule has 0 amide bonds. The minimum atomic E-state index is -0.486. The third-order valence-corrected chi connectivity index (χ3v) is 4.86. The molecule has 1 saturated heterocycles. The van der Waals surface area contributed by atoms with Crippen molar-refractivity contribution < 1.29 is 9.47 Å². The van der Waals surface area contributed by atoms with E-state index < -0.39 is 5.79 Å². The molecule has 8 heteroatoms. The van der Waals surface area contributed by atoms with E-state index in [1.807, 2.05) is 25.3 Å². The van der Waals surface area contributed by atoms with Crippen LogP contribution in [0.2, 0.25) is 0 Å². The molecule has 1 fully saturated rings. The van der Waals surface area contributed by atoms with Crippen molar-refractivity contribution in [3.8, 4) is 0 Å². The van der Waals surface area contributed by atoms with Gasteiger partial charge in [-0.05, 0) is 47.0 Å². The second kappa shape index (κ2) is 7.36. The minimum absolute atomic E-state index is 0.132. The van der Waals surface area contributed by atoms with Crippen LogP contribution in [0.25, 0.3) is 11.2 Å². The van der Waals surface area contributed by atoms with Crippen LogP contribution in [-0.2, 0) is 29.1 Å². The second-order valence-corrected chi connectivity index (χ2v) is 7.13. The fourth-order valence-corrected chi connectivity index (χ4v) is 3.53. The average molecular weight is 364 g/mol. The van der Waals surface area contributed by atoms with Crippen LogP contribution in [0.5, 0.6) is 0 Å². The molecule has 0 bridgehead atoms. The molecule has 8 nitrogen and oxygen atoms in total. The number of fused-ring (bicyclic) bond motifs is 1. The van der Waals surface area contributed by atoms with Crippen molar-refractivity contribution in [1.29, 1.82) is 0 Å². The lowest BCUT2D eigenvalue weighted by Crippen LogP contribution is -2.40. The van der Waals surface area contributed by atoms with Crippen LogP contribution in [0.15, 0.2) is 15.9 Å². The summed E-state index contributed by atoms with van der Waals surface area (Å²) in [6.07, 6.45) is 4.60. The maximum Gasteiger partial charge on any atom is 0.332 e. The largest absolute Gasteiger partial charge is 0.348 e. The highest BCUT2D eigenvalue weighted by molar-refractivity contribution is 5.70. The first-order valence-electron chi connectivity index (χ1n) is 9.38. The van der Waals surface area contributed by atoms with E-state index in [4.69, 9.17) is 9.47 Å². The van der Waals surface area contributed by atoms with Crippen molar-refractivity contribution in [3.63, 3.8) is 0 Å². The lowest BCUT2D eigenvalue weighted by molar-refractivity contribution is -0.139. The van der Waals surface area contributed by atoms with Gasteiger partial charge in [-0.25, -0.2) is 9.78 Å². The Morgan fingerprint density at radius 2 is 1.92 bits per heavy atom. The molecule has 1 aliphatic heterocycles. The molecule has 26 heavy (non-hydrogen) atoms. The Morgan fingerprint density at radius 3 is 2.54 bits per heavy atom. The Bertz CT molecular complexity index is 893. The van der Waals surface area contributed by atoms with Gasteiger partial charge < -0.3 is 14.0 Å². The summed E-state index contributed by atoms with van der Waals surface area (Å²) in [5, 5.41) is 0. The van der Waals surface area contributed by atoms with Crippen molar-refractivity contribution in [3.05, 3.63) is 27.2 Å². The Labute approximate surface area is 152 Å². The molecular weight excluding hydrogens is 336 g/mol. The first-order chi connectivity index (χ1) is 12.4. The zero-order valence-electron chi connectivity index (χ0n) is 16.0. The Morgan fingerprint density at radius 1 is 1.19 bits per heavy atom. The SMILES string of the molecule is CCn1c(=O)c2c(ncn2CCCCC2COC(C)(C)O2)n(CC)c1=O. The smallest absolute Gasteiger partial charge is 0.332 e. The van der Waals surface area contributed by atoms with E-state index in [0.717, 1.165) is 19.3 Å². The number of aryl methyl sites for hydroxylation is 2. The molecular formula is C18H28N4O4. The first kappa shape index (κ1) is 18.8. The van der Waals surface area contributed by atoms with Crippen LogP contribution in [0.1, 0.15) is 47.0 Å². The number of imidazole rings is 1. The second-order valence-electron chi connectivity index (χ2n) is 7.13. The fraction of sp³-hybridized carbons (Fsp3) is 0.722. The Balaban J connectivity index is 1.73. The Hall–Kier alpha value is -1.93. The first-order valence-corrected chi connectivity index (χ1v) is 9.38. The number of ether oxygens (including phenoxy) is 2. The van der Waals surface area contributed by atoms with E-state index in [9.17, 15) is 9.59 Å². The number of hydrogen-bond donors (Lipinski definition) is 0. The van der Waals surface area contributed by atoms with Crippen molar-refractivity contribution in [1.82, 2.24) is 18.7 Å². The third kappa shape index (κ3) is 3.48. The van der Waals surface area contributed by atoms with Gasteiger partial charge >= 0.3 is 5.69 Å². The molecule has 2 aromatic heterocycles. The maximum absolute atomic E-state index is 12.7. The topological polar surface area (TPSA) is 80.3 Å². The molecule has 3 heterocycles. The van der Waals surface area contributed by atoms with Crippen molar-refractivity contribution in [2.75, 3.05) is 6.61 Å². The molecule has 3 rings (SSSR count). The summed E-state index contributed by atoms with van der Waals surface area (Å²) in [4.78, 5) is 29.4. The van der Waals surface area contributed by atoms with E-state index in [1.54, 1.807) is 17.8 Å². The lowest BCUT2D eigenvalue weighted by Gasteiger charge is -2.17. The van der Waals surface area contributed by atoms with Gasteiger partial charge in [0.2, 0.25) is 0 Å². The van der Waals surface area contributed by atoms with Gasteiger partial charge in [0.1, 0.15) is 0 Å². The molecule has 144 valence electrons. The van der Waals surface area contributed by atoms with Crippen molar-refractivity contribution >= 4 is 11.2 Å². The minimum Gasteiger partial charge on any atom is -0.348 e. The molecule has 2 aromatic rings. The molecule has 0 spiro atoms. The highest BCUT2D eigenvalue weighted by atomic mass is 16.7. The average Bonchev–Trinajstić information content (AvgIpc) is 3.16.